The van der Waals surface area contributed by atoms with Gasteiger partial charge in [-0.3, -0.25) is 14.4 Å². The van der Waals surface area contributed by atoms with E-state index in [-0.39, 0.29) is 31.1 Å². The number of allylic oxidation sites excluding steroid dienone is 10. The van der Waals surface area contributed by atoms with Crippen molar-refractivity contribution in [2.75, 3.05) is 13.2 Å². The van der Waals surface area contributed by atoms with Crippen molar-refractivity contribution in [2.24, 2.45) is 0 Å². The third kappa shape index (κ3) is 65.8. The van der Waals surface area contributed by atoms with Gasteiger partial charge in [-0.1, -0.05) is 326 Å². The quantitative estimate of drug-likeness (QED) is 0.0261. The van der Waals surface area contributed by atoms with Gasteiger partial charge in [-0.15, -0.1) is 0 Å². The molecule has 6 heteroatoms. The van der Waals surface area contributed by atoms with Crippen molar-refractivity contribution in [2.45, 2.75) is 374 Å². The molecule has 0 N–H and O–H groups in total. The Morgan fingerprint density at radius 3 is 0.772 bits per heavy atom. The summed E-state index contributed by atoms with van der Waals surface area (Å²) >= 11 is 0. The average molecular weight is 1110 g/mol. The topological polar surface area (TPSA) is 78.9 Å². The summed E-state index contributed by atoms with van der Waals surface area (Å²) in [5.41, 5.74) is 0. The number of carbonyl (C=O) groups is 3. The Kier molecular flexibility index (Phi) is 65.1. The first-order chi connectivity index (χ1) is 39.0. The van der Waals surface area contributed by atoms with Gasteiger partial charge in [0.1, 0.15) is 13.2 Å². The van der Waals surface area contributed by atoms with Crippen molar-refractivity contribution in [3.8, 4) is 0 Å². The van der Waals surface area contributed by atoms with Crippen LogP contribution in [0.3, 0.4) is 0 Å². The van der Waals surface area contributed by atoms with Gasteiger partial charge >= 0.3 is 17.9 Å². The van der Waals surface area contributed by atoms with Crippen LogP contribution in [-0.4, -0.2) is 37.2 Å². The summed E-state index contributed by atoms with van der Waals surface area (Å²) in [6.45, 7) is 6.61. The summed E-state index contributed by atoms with van der Waals surface area (Å²) in [5.74, 6) is -0.888. The molecular formula is C73H132O6. The minimum absolute atomic E-state index is 0.0811. The number of rotatable bonds is 64. The SMILES string of the molecule is CCCC/C=C\C/C=C\CCCCCCCC(=O)OCC(COC(=O)CCCCCCCCCCCCCCCCCCCCCCCCCCCCCC)OC(=O)CCCCCCCC/C=C\C/C=C\C/C=C\CCCCC. The van der Waals surface area contributed by atoms with Gasteiger partial charge in [0.25, 0.3) is 0 Å². The molecule has 460 valence electrons. The Labute approximate surface area is 491 Å². The van der Waals surface area contributed by atoms with Gasteiger partial charge in [-0.05, 0) is 83.5 Å². The van der Waals surface area contributed by atoms with E-state index in [4.69, 9.17) is 14.2 Å². The second kappa shape index (κ2) is 67.6. The number of carbonyl (C=O) groups excluding carboxylic acids is 3. The van der Waals surface area contributed by atoms with Gasteiger partial charge in [-0.25, -0.2) is 0 Å². The lowest BCUT2D eigenvalue weighted by Crippen LogP contribution is -2.30. The normalized spacial score (nSPS) is 12.4. The molecule has 0 aromatic carbocycles. The van der Waals surface area contributed by atoms with Crippen LogP contribution < -0.4 is 0 Å². The summed E-state index contributed by atoms with van der Waals surface area (Å²) in [4.78, 5) is 38.4. The number of hydrogen-bond donors (Lipinski definition) is 0. The van der Waals surface area contributed by atoms with Crippen LogP contribution in [0, 0.1) is 0 Å². The van der Waals surface area contributed by atoms with Crippen molar-refractivity contribution >= 4 is 17.9 Å². The highest BCUT2D eigenvalue weighted by Crippen LogP contribution is 2.18. The van der Waals surface area contributed by atoms with E-state index >= 15 is 0 Å². The van der Waals surface area contributed by atoms with E-state index in [1.165, 1.54) is 225 Å². The molecule has 0 aromatic rings. The molecule has 0 fully saturated rings. The molecule has 0 aliphatic rings. The van der Waals surface area contributed by atoms with E-state index in [1.54, 1.807) is 0 Å². The summed E-state index contributed by atoms with van der Waals surface area (Å²) in [6, 6.07) is 0. The van der Waals surface area contributed by atoms with Crippen molar-refractivity contribution in [3.63, 3.8) is 0 Å². The zero-order valence-corrected chi connectivity index (χ0v) is 52.9. The molecule has 0 radical (unpaired) electrons. The van der Waals surface area contributed by atoms with Crippen LogP contribution in [0.1, 0.15) is 367 Å². The van der Waals surface area contributed by atoms with E-state index in [1.807, 2.05) is 0 Å². The van der Waals surface area contributed by atoms with Gasteiger partial charge in [0.15, 0.2) is 6.10 Å². The lowest BCUT2D eigenvalue weighted by molar-refractivity contribution is -0.167. The van der Waals surface area contributed by atoms with E-state index in [9.17, 15) is 14.4 Å². The zero-order chi connectivity index (χ0) is 57.1. The largest absolute Gasteiger partial charge is 0.462 e. The fourth-order valence-electron chi connectivity index (χ4n) is 10.2. The van der Waals surface area contributed by atoms with Crippen molar-refractivity contribution in [1.29, 1.82) is 0 Å². The molecule has 1 unspecified atom stereocenters. The second-order valence-corrected chi connectivity index (χ2v) is 23.4. The Hall–Kier alpha value is -2.89. The minimum Gasteiger partial charge on any atom is -0.462 e. The molecule has 0 saturated carbocycles. The molecule has 0 bridgehead atoms. The average Bonchev–Trinajstić information content (AvgIpc) is 3.45. The molecule has 0 rings (SSSR count). The Balaban J connectivity index is 4.24. The number of ether oxygens (including phenoxy) is 3. The molecule has 6 nitrogen and oxygen atoms in total. The van der Waals surface area contributed by atoms with E-state index in [0.717, 1.165) is 103 Å². The van der Waals surface area contributed by atoms with E-state index in [0.29, 0.717) is 19.3 Å². The van der Waals surface area contributed by atoms with Gasteiger partial charge < -0.3 is 14.2 Å². The molecule has 79 heavy (non-hydrogen) atoms. The maximum atomic E-state index is 12.9. The molecule has 0 aromatic heterocycles. The molecule has 0 amide bonds. The highest BCUT2D eigenvalue weighted by Gasteiger charge is 2.19. The predicted molar refractivity (Wildman–Crippen MR) is 344 cm³/mol. The molecular weight excluding hydrogens is 973 g/mol. The molecule has 0 heterocycles. The number of esters is 3. The zero-order valence-electron chi connectivity index (χ0n) is 52.9. The van der Waals surface area contributed by atoms with Gasteiger partial charge in [0, 0.05) is 19.3 Å². The first-order valence-corrected chi connectivity index (χ1v) is 34.8. The van der Waals surface area contributed by atoms with E-state index < -0.39 is 6.10 Å². The summed E-state index contributed by atoms with van der Waals surface area (Å²) < 4.78 is 16.9. The van der Waals surface area contributed by atoms with Crippen molar-refractivity contribution in [1.82, 2.24) is 0 Å². The molecule has 0 saturated heterocycles. The number of hydrogen-bond acceptors (Lipinski definition) is 6. The minimum atomic E-state index is -0.787. The van der Waals surface area contributed by atoms with Gasteiger partial charge in [0.2, 0.25) is 0 Å². The van der Waals surface area contributed by atoms with Crippen LogP contribution in [0.15, 0.2) is 60.8 Å². The van der Waals surface area contributed by atoms with Crippen LogP contribution >= 0.6 is 0 Å². The molecule has 0 aliphatic carbocycles. The van der Waals surface area contributed by atoms with Gasteiger partial charge in [0.05, 0.1) is 0 Å². The van der Waals surface area contributed by atoms with Crippen LogP contribution in [0.4, 0.5) is 0 Å². The fourth-order valence-corrected chi connectivity index (χ4v) is 10.2. The third-order valence-electron chi connectivity index (χ3n) is 15.5. The van der Waals surface area contributed by atoms with E-state index in [2.05, 4.69) is 81.5 Å². The first kappa shape index (κ1) is 76.1. The second-order valence-electron chi connectivity index (χ2n) is 23.4. The standard InChI is InChI=1S/C73H132O6/c1-4-7-10-13-16-19-22-25-28-30-32-33-34-35-36-37-38-39-40-42-43-45-48-51-54-57-60-63-66-72(75)78-69-70(68-77-71(74)65-62-59-56-53-50-47-27-24-21-18-15-12-9-6-3)79-73(76)67-64-61-58-55-52-49-46-44-41-31-29-26-23-20-17-14-11-8-5-2/h15,17-18,20,24,26-27,29,41,44,70H,4-14,16,19,21-23,25,28,30-40,42-43,45-69H2,1-3H3/b18-15-,20-17-,27-24-,29-26-,44-41-. The first-order valence-electron chi connectivity index (χ1n) is 34.8. The smallest absolute Gasteiger partial charge is 0.306 e. The Morgan fingerprint density at radius 2 is 0.468 bits per heavy atom. The highest BCUT2D eigenvalue weighted by atomic mass is 16.6. The van der Waals surface area contributed by atoms with Gasteiger partial charge in [-0.2, -0.15) is 0 Å². The third-order valence-corrected chi connectivity index (χ3v) is 15.5. The molecule has 0 aliphatic heterocycles. The maximum Gasteiger partial charge on any atom is 0.306 e. The van der Waals surface area contributed by atoms with Crippen LogP contribution in [-0.2, 0) is 28.6 Å². The Bertz CT molecular complexity index is 1410. The van der Waals surface area contributed by atoms with Crippen molar-refractivity contribution < 1.29 is 28.6 Å². The highest BCUT2D eigenvalue weighted by molar-refractivity contribution is 5.71. The monoisotopic (exact) mass is 1110 g/mol. The predicted octanol–water partition coefficient (Wildman–Crippen LogP) is 23.9. The van der Waals surface area contributed by atoms with Crippen LogP contribution in [0.2, 0.25) is 0 Å². The van der Waals surface area contributed by atoms with Crippen molar-refractivity contribution in [3.05, 3.63) is 60.8 Å². The summed E-state index contributed by atoms with van der Waals surface area (Å²) in [7, 11) is 0. The lowest BCUT2D eigenvalue weighted by Gasteiger charge is -2.18. The van der Waals surface area contributed by atoms with Crippen LogP contribution in [0.5, 0.6) is 0 Å². The molecule has 1 atom stereocenters. The van der Waals surface area contributed by atoms with Crippen LogP contribution in [0.25, 0.3) is 0 Å². The summed E-state index contributed by atoms with van der Waals surface area (Å²) in [6.07, 6.45) is 86.8. The molecule has 0 spiro atoms. The fraction of sp³-hybridized carbons (Fsp3) is 0.822. The maximum absolute atomic E-state index is 12.9. The Morgan fingerprint density at radius 1 is 0.253 bits per heavy atom. The lowest BCUT2D eigenvalue weighted by atomic mass is 10.0. The summed E-state index contributed by atoms with van der Waals surface area (Å²) in [5, 5.41) is 0. The number of unbranched alkanes of at least 4 members (excludes halogenated alkanes) is 43.